The van der Waals surface area contributed by atoms with Crippen LogP contribution in [0.1, 0.15) is 42.0 Å². The van der Waals surface area contributed by atoms with Gasteiger partial charge in [-0.25, -0.2) is 0 Å². The summed E-state index contributed by atoms with van der Waals surface area (Å²) in [6.45, 7) is 4.16. The third-order valence-electron chi connectivity index (χ3n) is 5.80. The number of nitrogens with two attached hydrogens (primary N) is 1. The Morgan fingerprint density at radius 2 is 1.53 bits per heavy atom. The predicted molar refractivity (Wildman–Crippen MR) is 128 cm³/mol. The molecular formula is C26H22N4OS. The van der Waals surface area contributed by atoms with E-state index in [1.54, 1.807) is 6.08 Å². The topological polar surface area (TPSA) is 95.6 Å². The molecule has 5 nitrogen and oxygen atoms in total. The minimum atomic E-state index is -0.592. The van der Waals surface area contributed by atoms with Gasteiger partial charge in [-0.3, -0.25) is 9.36 Å². The number of nitriles is 2. The first-order chi connectivity index (χ1) is 15.5. The number of allylic oxidation sites excluding steroid dienone is 1. The lowest BCUT2D eigenvalue weighted by atomic mass is 9.84. The number of rotatable bonds is 4. The fourth-order valence-corrected chi connectivity index (χ4v) is 5.06. The summed E-state index contributed by atoms with van der Waals surface area (Å²) in [5.74, 6) is -0.501. The zero-order valence-electron chi connectivity index (χ0n) is 17.9. The van der Waals surface area contributed by atoms with Crippen LogP contribution < -0.4 is 20.5 Å². The van der Waals surface area contributed by atoms with Crippen molar-refractivity contribution < 1.29 is 0 Å². The number of aryl methyl sites for hydroxylation is 2. The lowest BCUT2D eigenvalue weighted by Gasteiger charge is -2.22. The first-order valence-electron chi connectivity index (χ1n) is 10.5. The van der Waals surface area contributed by atoms with Crippen molar-refractivity contribution in [1.29, 1.82) is 10.5 Å². The number of nitrogens with zero attached hydrogens (tertiary/aromatic N) is 3. The summed E-state index contributed by atoms with van der Waals surface area (Å²) in [6, 6.07) is 20.2. The van der Waals surface area contributed by atoms with Crippen LogP contribution in [0.5, 0.6) is 0 Å². The summed E-state index contributed by atoms with van der Waals surface area (Å²) in [5, 5.41) is 19.9. The zero-order valence-corrected chi connectivity index (χ0v) is 18.7. The molecule has 1 aromatic heterocycles. The van der Waals surface area contributed by atoms with Gasteiger partial charge in [0, 0.05) is 0 Å². The summed E-state index contributed by atoms with van der Waals surface area (Å²) in [6.07, 6.45) is 3.64. The Hall–Kier alpha value is -3.87. The molecule has 6 heteroatoms. The van der Waals surface area contributed by atoms with Crippen LogP contribution in [0.25, 0.3) is 17.5 Å². The smallest absolute Gasteiger partial charge is 0.274 e. The normalized spacial score (nSPS) is 15.9. The maximum atomic E-state index is 13.2. The number of fused-ring (bicyclic) bond motifs is 1. The maximum Gasteiger partial charge on any atom is 0.274 e. The molecule has 1 aliphatic rings. The Bertz CT molecular complexity index is 1470. The molecule has 1 aliphatic heterocycles. The lowest BCUT2D eigenvalue weighted by Crippen LogP contribution is -2.38. The molecule has 0 radical (unpaired) electrons. The predicted octanol–water partition coefficient (Wildman–Crippen LogP) is 2.99. The Labute approximate surface area is 190 Å². The average molecular weight is 439 g/mol. The van der Waals surface area contributed by atoms with Crippen LogP contribution in [0.15, 0.2) is 58.9 Å². The molecule has 0 spiro atoms. The summed E-state index contributed by atoms with van der Waals surface area (Å²) in [4.78, 5) is 13.2. The van der Waals surface area contributed by atoms with Crippen molar-refractivity contribution in [2.45, 2.75) is 32.6 Å². The highest BCUT2D eigenvalue weighted by Gasteiger charge is 2.32. The Morgan fingerprint density at radius 1 is 0.969 bits per heavy atom. The molecule has 0 saturated heterocycles. The summed E-state index contributed by atoms with van der Waals surface area (Å²) >= 11 is 1.23. The molecule has 3 aromatic rings. The molecule has 0 aliphatic carbocycles. The monoisotopic (exact) mass is 438 g/mol. The maximum absolute atomic E-state index is 13.2. The average Bonchev–Trinajstić information content (AvgIpc) is 3.15. The molecular weight excluding hydrogens is 416 g/mol. The van der Waals surface area contributed by atoms with Gasteiger partial charge >= 0.3 is 0 Å². The van der Waals surface area contributed by atoms with Gasteiger partial charge < -0.3 is 5.73 Å². The van der Waals surface area contributed by atoms with Gasteiger partial charge in [0.15, 0.2) is 0 Å². The van der Waals surface area contributed by atoms with E-state index >= 15 is 0 Å². The van der Waals surface area contributed by atoms with Crippen LogP contribution in [0.4, 0.5) is 0 Å². The second-order valence-electron chi connectivity index (χ2n) is 7.62. The molecule has 2 heterocycles. The highest BCUT2D eigenvalue weighted by Crippen LogP contribution is 2.35. The fourth-order valence-electron chi connectivity index (χ4n) is 3.93. The van der Waals surface area contributed by atoms with Gasteiger partial charge in [0.2, 0.25) is 0 Å². The number of hydrogen-bond donors (Lipinski definition) is 1. The van der Waals surface area contributed by atoms with Crippen molar-refractivity contribution in [3.63, 3.8) is 0 Å². The van der Waals surface area contributed by atoms with Gasteiger partial charge in [-0.2, -0.15) is 10.5 Å². The summed E-state index contributed by atoms with van der Waals surface area (Å²) in [5.41, 5.74) is 10.7. The van der Waals surface area contributed by atoms with Gasteiger partial charge in [0.1, 0.15) is 10.5 Å². The first-order valence-corrected chi connectivity index (χ1v) is 11.3. The molecule has 2 aromatic carbocycles. The summed E-state index contributed by atoms with van der Waals surface area (Å²) < 4.78 is 2.26. The van der Waals surface area contributed by atoms with Gasteiger partial charge in [-0.05, 0) is 41.2 Å². The lowest BCUT2D eigenvalue weighted by molar-refractivity contribution is 0.905. The quantitative estimate of drug-likeness (QED) is 0.677. The van der Waals surface area contributed by atoms with Gasteiger partial charge in [-0.1, -0.05) is 62.4 Å². The Morgan fingerprint density at radius 3 is 2.06 bits per heavy atom. The highest BCUT2D eigenvalue weighted by molar-refractivity contribution is 7.07. The standard InChI is InChI=1S/C26H22N4OS/c1-3-16-5-7-18(8-6-16)13-22-25(31)30-24(29)20(14-27)23(21(15-28)26(30)32-22)19-11-9-17(4-2)10-12-19/h5-13,23H,3-4,29H2,1-2H3/b22-13+. The van der Waals surface area contributed by atoms with Gasteiger partial charge in [0.25, 0.3) is 5.56 Å². The number of thiazole rings is 1. The van der Waals surface area contributed by atoms with Gasteiger partial charge in [-0.15, -0.1) is 11.3 Å². The minimum absolute atomic E-state index is 0.0910. The van der Waals surface area contributed by atoms with Crippen molar-refractivity contribution >= 4 is 28.8 Å². The van der Waals surface area contributed by atoms with Crippen LogP contribution in [-0.2, 0) is 12.8 Å². The highest BCUT2D eigenvalue weighted by atomic mass is 32.1. The molecule has 4 rings (SSSR count). The van der Waals surface area contributed by atoms with Crippen LogP contribution in [0.3, 0.4) is 0 Å². The van der Waals surface area contributed by atoms with E-state index in [1.807, 2.05) is 48.5 Å². The van der Waals surface area contributed by atoms with Crippen molar-refractivity contribution in [1.82, 2.24) is 4.57 Å². The van der Waals surface area contributed by atoms with Crippen molar-refractivity contribution in [3.8, 4) is 12.1 Å². The van der Waals surface area contributed by atoms with E-state index in [1.165, 1.54) is 21.5 Å². The van der Waals surface area contributed by atoms with Crippen LogP contribution in [0, 0.1) is 22.7 Å². The van der Waals surface area contributed by atoms with Crippen LogP contribution in [-0.4, -0.2) is 4.57 Å². The Kier molecular flexibility index (Phi) is 5.81. The summed E-state index contributed by atoms with van der Waals surface area (Å²) in [7, 11) is 0. The van der Waals surface area contributed by atoms with E-state index < -0.39 is 5.92 Å². The third-order valence-corrected chi connectivity index (χ3v) is 6.90. The number of hydrogen-bond acceptors (Lipinski definition) is 5. The van der Waals surface area contributed by atoms with Crippen molar-refractivity contribution in [2.75, 3.05) is 0 Å². The first kappa shape index (κ1) is 21.4. The number of benzene rings is 2. The molecule has 0 bridgehead atoms. The fraction of sp³-hybridized carbons (Fsp3) is 0.192. The van der Waals surface area contributed by atoms with Crippen molar-refractivity contribution in [3.05, 3.63) is 95.9 Å². The molecule has 0 saturated carbocycles. The zero-order chi connectivity index (χ0) is 22.8. The SMILES string of the molecule is CCc1ccc(/C=c2/sc3n(c2=O)C(N)=C(C#N)C(c2ccc(CC)cc2)C=3C#N)cc1. The molecule has 0 amide bonds. The van der Waals surface area contributed by atoms with E-state index in [4.69, 9.17) is 5.73 Å². The van der Waals surface area contributed by atoms with Crippen LogP contribution in [0.2, 0.25) is 0 Å². The second kappa shape index (κ2) is 8.70. The molecule has 2 N–H and O–H groups in total. The largest absolute Gasteiger partial charge is 0.384 e. The van der Waals surface area contributed by atoms with Gasteiger partial charge in [0.05, 0.1) is 33.7 Å². The minimum Gasteiger partial charge on any atom is -0.384 e. The van der Waals surface area contributed by atoms with E-state index in [0.717, 1.165) is 29.5 Å². The van der Waals surface area contributed by atoms with Crippen molar-refractivity contribution in [2.24, 2.45) is 5.73 Å². The van der Waals surface area contributed by atoms with Crippen LogP contribution >= 0.6 is 11.3 Å². The molecule has 32 heavy (non-hydrogen) atoms. The molecule has 0 fully saturated rings. The van der Waals surface area contributed by atoms with E-state index in [2.05, 4.69) is 26.0 Å². The van der Waals surface area contributed by atoms with E-state index in [0.29, 0.717) is 14.8 Å². The molecule has 1 unspecified atom stereocenters. The second-order valence-corrected chi connectivity index (χ2v) is 8.65. The molecule has 1 atom stereocenters. The van der Waals surface area contributed by atoms with E-state index in [-0.39, 0.29) is 17.0 Å². The van der Waals surface area contributed by atoms with E-state index in [9.17, 15) is 15.3 Å². The number of aromatic nitrogens is 1. The third kappa shape index (κ3) is 3.56. The Balaban J connectivity index is 1.97. The molecule has 158 valence electrons.